The molecule has 0 spiro atoms. The summed E-state index contributed by atoms with van der Waals surface area (Å²) in [6, 6.07) is 0. The highest BCUT2D eigenvalue weighted by Gasteiger charge is 2.58. The monoisotopic (exact) mass is 335 g/mol. The number of nitrogens with zero attached hydrogens (tertiary/aromatic N) is 3. The zero-order chi connectivity index (χ0) is 18.0. The molecule has 6 nitrogen and oxygen atoms in total. The average Bonchev–Trinajstić information content (AvgIpc) is 2.93. The molecule has 1 aromatic heterocycles. The maximum Gasteiger partial charge on any atom is 0.412 e. The number of amides is 1. The Labute approximate surface area is 144 Å². The summed E-state index contributed by atoms with van der Waals surface area (Å²) >= 11 is 0. The van der Waals surface area contributed by atoms with Gasteiger partial charge in [-0.3, -0.25) is 4.90 Å². The smallest absolute Gasteiger partial charge is 0.412 e. The summed E-state index contributed by atoms with van der Waals surface area (Å²) in [5.74, 6) is 0.942. The van der Waals surface area contributed by atoms with E-state index in [0.717, 1.165) is 25.2 Å². The number of aliphatic hydroxyl groups is 1. The van der Waals surface area contributed by atoms with Gasteiger partial charge in [-0.25, -0.2) is 9.78 Å². The van der Waals surface area contributed by atoms with Gasteiger partial charge in [-0.1, -0.05) is 11.6 Å². The Balaban J connectivity index is 1.98. The van der Waals surface area contributed by atoms with Gasteiger partial charge < -0.3 is 14.4 Å². The summed E-state index contributed by atoms with van der Waals surface area (Å²) in [5.41, 5.74) is -1.00. The largest absolute Gasteiger partial charge is 0.438 e. The molecule has 1 aliphatic heterocycles. The van der Waals surface area contributed by atoms with Crippen LogP contribution in [0.1, 0.15) is 52.8 Å². The summed E-state index contributed by atoms with van der Waals surface area (Å²) in [4.78, 5) is 17.9. The van der Waals surface area contributed by atoms with Crippen LogP contribution >= 0.6 is 0 Å². The van der Waals surface area contributed by atoms with Crippen molar-refractivity contribution < 1.29 is 14.6 Å². The third-order valence-electron chi connectivity index (χ3n) is 4.94. The molecule has 2 heterocycles. The van der Waals surface area contributed by atoms with Gasteiger partial charge in [-0.05, 0) is 53.9 Å². The van der Waals surface area contributed by atoms with Crippen molar-refractivity contribution in [2.24, 2.45) is 0 Å². The zero-order valence-corrected chi connectivity index (χ0v) is 15.4. The number of carbonyl (C=O) groups excluding carboxylic acids is 1. The molecule has 2 atom stereocenters. The molecule has 1 aromatic rings. The quantitative estimate of drug-likeness (QED) is 0.777. The molecule has 0 saturated carbocycles. The number of imidazole rings is 1. The van der Waals surface area contributed by atoms with Gasteiger partial charge in [0.15, 0.2) is 11.3 Å². The van der Waals surface area contributed by atoms with Crippen molar-refractivity contribution >= 4 is 6.09 Å². The number of hydrogen-bond donors (Lipinski definition) is 1. The Bertz CT molecular complexity index is 617. The van der Waals surface area contributed by atoms with E-state index >= 15 is 0 Å². The van der Waals surface area contributed by atoms with Crippen LogP contribution in [0.25, 0.3) is 0 Å². The highest BCUT2D eigenvalue weighted by molar-refractivity contribution is 5.72. The summed E-state index contributed by atoms with van der Waals surface area (Å²) in [6.45, 7) is 10.7. The third kappa shape index (κ3) is 3.64. The molecule has 0 aliphatic carbocycles. The lowest BCUT2D eigenvalue weighted by molar-refractivity contribution is -0.139. The standard InChI is InChI=1S/C18H29N3O3/c1-14(2)8-6-9-17(4)18(5,23)21(16(22)24-17)12-7-11-20-13-10-19-15(20)3/h8,10,13,23H,6-7,9,11-12H2,1-5H3/t17-,18-/m1/s1. The molecule has 0 radical (unpaired) electrons. The molecule has 1 amide bonds. The number of carbonyl (C=O) groups is 1. The van der Waals surface area contributed by atoms with Crippen molar-refractivity contribution in [1.29, 1.82) is 0 Å². The van der Waals surface area contributed by atoms with Crippen LogP contribution < -0.4 is 0 Å². The van der Waals surface area contributed by atoms with Crippen molar-refractivity contribution in [3.63, 3.8) is 0 Å². The minimum Gasteiger partial charge on any atom is -0.438 e. The Morgan fingerprint density at radius 3 is 2.67 bits per heavy atom. The number of ether oxygens (including phenoxy) is 1. The first kappa shape index (κ1) is 18.5. The highest BCUT2D eigenvalue weighted by atomic mass is 16.6. The Kier molecular flexibility index (Phi) is 5.38. The second-order valence-corrected chi connectivity index (χ2v) is 7.11. The normalized spacial score (nSPS) is 26.6. The van der Waals surface area contributed by atoms with E-state index in [1.54, 1.807) is 13.1 Å². The van der Waals surface area contributed by atoms with Gasteiger partial charge in [0.25, 0.3) is 0 Å². The van der Waals surface area contributed by atoms with Gasteiger partial charge in [0.2, 0.25) is 0 Å². The third-order valence-corrected chi connectivity index (χ3v) is 4.94. The molecular weight excluding hydrogens is 306 g/mol. The first-order valence-corrected chi connectivity index (χ1v) is 8.51. The molecule has 0 aromatic carbocycles. The number of hydrogen-bond acceptors (Lipinski definition) is 4. The number of cyclic esters (lactones) is 1. The van der Waals surface area contributed by atoms with Gasteiger partial charge in [0, 0.05) is 25.5 Å². The maximum atomic E-state index is 12.3. The van der Waals surface area contributed by atoms with Crippen LogP contribution in [0.5, 0.6) is 0 Å². The van der Waals surface area contributed by atoms with Crippen LogP contribution in [-0.2, 0) is 11.3 Å². The van der Waals surface area contributed by atoms with E-state index < -0.39 is 17.4 Å². The average molecular weight is 335 g/mol. The minimum atomic E-state index is -1.32. The van der Waals surface area contributed by atoms with Crippen molar-refractivity contribution in [2.45, 2.75) is 71.8 Å². The van der Waals surface area contributed by atoms with Gasteiger partial charge >= 0.3 is 6.09 Å². The van der Waals surface area contributed by atoms with Crippen LogP contribution in [0.2, 0.25) is 0 Å². The van der Waals surface area contributed by atoms with Crippen molar-refractivity contribution in [3.05, 3.63) is 29.9 Å². The molecule has 1 N–H and O–H groups in total. The van der Waals surface area contributed by atoms with Crippen LogP contribution in [-0.4, -0.2) is 43.5 Å². The highest BCUT2D eigenvalue weighted by Crippen LogP contribution is 2.40. The molecule has 134 valence electrons. The Morgan fingerprint density at radius 1 is 1.38 bits per heavy atom. The molecule has 1 aliphatic rings. The Hall–Kier alpha value is -1.82. The van der Waals surface area contributed by atoms with E-state index in [1.807, 2.05) is 38.5 Å². The van der Waals surface area contributed by atoms with E-state index in [0.29, 0.717) is 13.0 Å². The molecular formula is C18H29N3O3. The SMILES string of the molecule is CC(C)=CCC[C@@]1(C)OC(=O)N(CCCn2ccnc2C)[C@]1(C)O. The summed E-state index contributed by atoms with van der Waals surface area (Å²) in [7, 11) is 0. The van der Waals surface area contributed by atoms with Gasteiger partial charge in [-0.15, -0.1) is 0 Å². The number of aryl methyl sites for hydroxylation is 2. The summed E-state index contributed by atoms with van der Waals surface area (Å²) in [6.07, 6.45) is 7.42. The topological polar surface area (TPSA) is 67.6 Å². The van der Waals surface area contributed by atoms with Crippen LogP contribution in [0, 0.1) is 6.92 Å². The predicted molar refractivity (Wildman–Crippen MR) is 92.5 cm³/mol. The summed E-state index contributed by atoms with van der Waals surface area (Å²) in [5, 5.41) is 11.0. The number of allylic oxidation sites excluding steroid dienone is 2. The van der Waals surface area contributed by atoms with Crippen molar-refractivity contribution in [1.82, 2.24) is 14.5 Å². The van der Waals surface area contributed by atoms with Gasteiger partial charge in [-0.2, -0.15) is 0 Å². The molecule has 1 fully saturated rings. The van der Waals surface area contributed by atoms with Crippen molar-refractivity contribution in [3.8, 4) is 0 Å². The fraction of sp³-hybridized carbons (Fsp3) is 0.667. The van der Waals surface area contributed by atoms with E-state index in [4.69, 9.17) is 4.74 Å². The molecule has 1 saturated heterocycles. The van der Waals surface area contributed by atoms with Gasteiger partial charge in [0.1, 0.15) is 5.82 Å². The minimum absolute atomic E-state index is 0.443. The van der Waals surface area contributed by atoms with Crippen LogP contribution in [0.15, 0.2) is 24.0 Å². The van der Waals surface area contributed by atoms with E-state index in [-0.39, 0.29) is 0 Å². The lowest BCUT2D eigenvalue weighted by Gasteiger charge is -2.37. The first-order valence-electron chi connectivity index (χ1n) is 8.51. The van der Waals surface area contributed by atoms with E-state index in [2.05, 4.69) is 11.1 Å². The maximum absolute atomic E-state index is 12.3. The number of rotatable bonds is 7. The predicted octanol–water partition coefficient (Wildman–Crippen LogP) is 3.25. The second kappa shape index (κ2) is 6.97. The lowest BCUT2D eigenvalue weighted by atomic mass is 9.88. The lowest BCUT2D eigenvalue weighted by Crippen LogP contribution is -2.55. The fourth-order valence-electron chi connectivity index (χ4n) is 3.08. The zero-order valence-electron chi connectivity index (χ0n) is 15.4. The number of aromatic nitrogens is 2. The molecule has 6 heteroatoms. The first-order chi connectivity index (χ1) is 11.2. The van der Waals surface area contributed by atoms with Gasteiger partial charge in [0.05, 0.1) is 0 Å². The van der Waals surface area contributed by atoms with E-state index in [9.17, 15) is 9.90 Å². The van der Waals surface area contributed by atoms with E-state index in [1.165, 1.54) is 10.5 Å². The van der Waals surface area contributed by atoms with Crippen LogP contribution in [0.3, 0.4) is 0 Å². The second-order valence-electron chi connectivity index (χ2n) is 7.11. The molecule has 0 bridgehead atoms. The Morgan fingerprint density at radius 2 is 2.08 bits per heavy atom. The summed E-state index contributed by atoms with van der Waals surface area (Å²) < 4.78 is 7.59. The molecule has 0 unspecified atom stereocenters. The fourth-order valence-corrected chi connectivity index (χ4v) is 3.08. The van der Waals surface area contributed by atoms with Crippen LogP contribution in [0.4, 0.5) is 4.79 Å². The molecule has 24 heavy (non-hydrogen) atoms. The molecule has 2 rings (SSSR count). The van der Waals surface area contributed by atoms with Crippen molar-refractivity contribution in [2.75, 3.05) is 6.54 Å².